The third kappa shape index (κ3) is 2.78. The van der Waals surface area contributed by atoms with E-state index < -0.39 is 10.0 Å². The van der Waals surface area contributed by atoms with Gasteiger partial charge in [-0.2, -0.15) is 0 Å². The zero-order valence-corrected chi connectivity index (χ0v) is 10.3. The van der Waals surface area contributed by atoms with Crippen LogP contribution in [0.1, 0.15) is 4.88 Å². The molecule has 90 valence electrons. The second-order valence-corrected chi connectivity index (χ2v) is 6.18. The van der Waals surface area contributed by atoms with Crippen molar-refractivity contribution in [1.82, 2.24) is 9.97 Å². The van der Waals surface area contributed by atoms with Crippen LogP contribution in [0.25, 0.3) is 0 Å². The van der Waals surface area contributed by atoms with Crippen molar-refractivity contribution in [3.8, 4) is 0 Å². The molecule has 0 fully saturated rings. The van der Waals surface area contributed by atoms with Gasteiger partial charge in [0.1, 0.15) is 4.21 Å². The number of nitrogens with one attached hydrogen (secondary N) is 1. The van der Waals surface area contributed by atoms with Crippen LogP contribution < -0.4 is 10.5 Å². The van der Waals surface area contributed by atoms with Gasteiger partial charge in [-0.15, -0.1) is 11.3 Å². The molecule has 0 saturated carbocycles. The third-order valence-corrected chi connectivity index (χ3v) is 4.82. The minimum Gasteiger partial charge on any atom is -0.326 e. The van der Waals surface area contributed by atoms with E-state index in [2.05, 4.69) is 14.7 Å². The molecule has 0 aliphatic carbocycles. The number of hydrogen-bond donors (Lipinski definition) is 2. The number of anilines is 1. The predicted molar refractivity (Wildman–Crippen MR) is 65.1 cm³/mol. The molecule has 8 heteroatoms. The highest BCUT2D eigenvalue weighted by atomic mass is 32.2. The minimum atomic E-state index is -3.61. The van der Waals surface area contributed by atoms with Crippen molar-refractivity contribution >= 4 is 27.3 Å². The van der Waals surface area contributed by atoms with E-state index in [1.165, 1.54) is 18.5 Å². The Balaban J connectivity index is 2.25. The molecule has 3 N–H and O–H groups in total. The number of aromatic nitrogens is 2. The lowest BCUT2D eigenvalue weighted by atomic mass is 10.5. The van der Waals surface area contributed by atoms with Crippen molar-refractivity contribution in [3.05, 3.63) is 35.5 Å². The van der Waals surface area contributed by atoms with Crippen LogP contribution in [-0.4, -0.2) is 18.4 Å². The maximum atomic E-state index is 11.9. The lowest BCUT2D eigenvalue weighted by molar-refractivity contribution is 0.602. The molecule has 6 nitrogen and oxygen atoms in total. The Morgan fingerprint density at radius 1 is 1.29 bits per heavy atom. The zero-order chi connectivity index (χ0) is 12.3. The van der Waals surface area contributed by atoms with Crippen LogP contribution in [-0.2, 0) is 16.6 Å². The quantitative estimate of drug-likeness (QED) is 0.856. The maximum absolute atomic E-state index is 11.9. The molecule has 0 spiro atoms. The summed E-state index contributed by atoms with van der Waals surface area (Å²) < 4.78 is 26.3. The average Bonchev–Trinajstić information content (AvgIpc) is 2.79. The molecule has 0 saturated heterocycles. The summed E-state index contributed by atoms with van der Waals surface area (Å²) in [5, 5.41) is 0. The van der Waals surface area contributed by atoms with Crippen molar-refractivity contribution < 1.29 is 8.42 Å². The summed E-state index contributed by atoms with van der Waals surface area (Å²) in [7, 11) is -3.61. The molecular formula is C9H10N4O2S2. The molecule has 0 unspecified atom stereocenters. The Bertz CT molecular complexity index is 594. The lowest BCUT2D eigenvalue weighted by Crippen LogP contribution is -2.13. The Labute approximate surface area is 103 Å². The van der Waals surface area contributed by atoms with Crippen molar-refractivity contribution in [3.63, 3.8) is 0 Å². The first-order valence-electron chi connectivity index (χ1n) is 4.70. The van der Waals surface area contributed by atoms with Gasteiger partial charge in [0.25, 0.3) is 10.0 Å². The first-order valence-corrected chi connectivity index (χ1v) is 7.00. The largest absolute Gasteiger partial charge is 0.326 e. The summed E-state index contributed by atoms with van der Waals surface area (Å²) in [6, 6.07) is 4.80. The standard InChI is InChI=1S/C9H10N4O2S2/c10-6-7-2-3-8(16-7)17(14,15)13-9-11-4-1-5-12-9/h1-5H,6,10H2,(H,11,12,13). The molecule has 0 aliphatic rings. The first kappa shape index (κ1) is 12.0. The fourth-order valence-electron chi connectivity index (χ4n) is 1.13. The average molecular weight is 270 g/mol. The van der Waals surface area contributed by atoms with Gasteiger partial charge in [-0.25, -0.2) is 23.1 Å². The molecule has 2 heterocycles. The molecule has 0 radical (unpaired) electrons. The van der Waals surface area contributed by atoms with Gasteiger partial charge in [-0.05, 0) is 18.2 Å². The summed E-state index contributed by atoms with van der Waals surface area (Å²) in [6.07, 6.45) is 2.93. The molecule has 2 aromatic heterocycles. The third-order valence-electron chi connectivity index (χ3n) is 1.89. The Hall–Kier alpha value is -1.51. The monoisotopic (exact) mass is 270 g/mol. The number of nitrogens with two attached hydrogens (primary N) is 1. The van der Waals surface area contributed by atoms with Gasteiger partial charge in [0.2, 0.25) is 5.95 Å². The highest BCUT2D eigenvalue weighted by Gasteiger charge is 2.17. The summed E-state index contributed by atoms with van der Waals surface area (Å²) >= 11 is 1.13. The number of hydrogen-bond acceptors (Lipinski definition) is 6. The van der Waals surface area contributed by atoms with Crippen molar-refractivity contribution in [2.24, 2.45) is 5.73 Å². The molecule has 0 aliphatic heterocycles. The van der Waals surface area contributed by atoms with Gasteiger partial charge in [0.05, 0.1) is 0 Å². The van der Waals surface area contributed by atoms with Gasteiger partial charge >= 0.3 is 0 Å². The minimum absolute atomic E-state index is 0.0511. The zero-order valence-electron chi connectivity index (χ0n) is 8.70. The van der Waals surface area contributed by atoms with E-state index in [4.69, 9.17) is 5.73 Å². The van der Waals surface area contributed by atoms with Gasteiger partial charge in [-0.1, -0.05) is 0 Å². The second kappa shape index (κ2) is 4.78. The van der Waals surface area contributed by atoms with Crippen LogP contribution in [0.4, 0.5) is 5.95 Å². The number of nitrogens with zero attached hydrogens (tertiary/aromatic N) is 2. The molecule has 0 aromatic carbocycles. The normalized spacial score (nSPS) is 11.4. The second-order valence-electron chi connectivity index (χ2n) is 3.10. The number of rotatable bonds is 4. The van der Waals surface area contributed by atoms with Crippen LogP contribution in [0.2, 0.25) is 0 Å². The van der Waals surface area contributed by atoms with Gasteiger partial charge in [0, 0.05) is 23.8 Å². The van der Waals surface area contributed by atoms with Crippen LogP contribution in [0.3, 0.4) is 0 Å². The maximum Gasteiger partial charge on any atom is 0.273 e. The molecule has 0 amide bonds. The van der Waals surface area contributed by atoms with Crippen molar-refractivity contribution in [1.29, 1.82) is 0 Å². The molecule has 0 atom stereocenters. The van der Waals surface area contributed by atoms with E-state index in [0.717, 1.165) is 16.2 Å². The molecule has 0 bridgehead atoms. The van der Waals surface area contributed by atoms with Crippen molar-refractivity contribution in [2.75, 3.05) is 4.72 Å². The first-order chi connectivity index (χ1) is 8.12. The SMILES string of the molecule is NCc1ccc(S(=O)(=O)Nc2ncccn2)s1. The van der Waals surface area contributed by atoms with Crippen LogP contribution in [0, 0.1) is 0 Å². The van der Waals surface area contributed by atoms with Gasteiger partial charge in [-0.3, -0.25) is 0 Å². The summed E-state index contributed by atoms with van der Waals surface area (Å²) in [5.41, 5.74) is 5.43. The van der Waals surface area contributed by atoms with E-state index in [1.807, 2.05) is 0 Å². The molecular weight excluding hydrogens is 260 g/mol. The van der Waals surface area contributed by atoms with Gasteiger partial charge in [0.15, 0.2) is 0 Å². The summed E-state index contributed by atoms with van der Waals surface area (Å²) in [5.74, 6) is 0.0511. The molecule has 17 heavy (non-hydrogen) atoms. The van der Waals surface area contributed by atoms with E-state index in [9.17, 15) is 8.42 Å². The Kier molecular flexibility index (Phi) is 3.36. The van der Waals surface area contributed by atoms with E-state index in [0.29, 0.717) is 6.54 Å². The highest BCUT2D eigenvalue weighted by molar-refractivity contribution is 7.94. The Morgan fingerprint density at radius 2 is 2.00 bits per heavy atom. The molecule has 2 rings (SSSR count). The summed E-state index contributed by atoms with van der Waals surface area (Å²) in [4.78, 5) is 8.39. The smallest absolute Gasteiger partial charge is 0.273 e. The fourth-order valence-corrected chi connectivity index (χ4v) is 3.33. The van der Waals surface area contributed by atoms with Crippen molar-refractivity contribution in [2.45, 2.75) is 10.8 Å². The molecule has 2 aromatic rings. The van der Waals surface area contributed by atoms with E-state index in [-0.39, 0.29) is 10.2 Å². The van der Waals surface area contributed by atoms with Crippen LogP contribution >= 0.6 is 11.3 Å². The Morgan fingerprint density at radius 3 is 2.59 bits per heavy atom. The lowest BCUT2D eigenvalue weighted by Gasteiger charge is -2.02. The van der Waals surface area contributed by atoms with Crippen LogP contribution in [0.15, 0.2) is 34.8 Å². The van der Waals surface area contributed by atoms with E-state index in [1.54, 1.807) is 12.1 Å². The predicted octanol–water partition coefficient (Wildman–Crippen LogP) is 0.798. The van der Waals surface area contributed by atoms with E-state index >= 15 is 0 Å². The van der Waals surface area contributed by atoms with Crippen LogP contribution in [0.5, 0.6) is 0 Å². The summed E-state index contributed by atoms with van der Waals surface area (Å²) in [6.45, 7) is 0.321. The highest BCUT2D eigenvalue weighted by Crippen LogP contribution is 2.22. The number of thiophene rings is 1. The van der Waals surface area contributed by atoms with Gasteiger partial charge < -0.3 is 5.73 Å². The topological polar surface area (TPSA) is 98.0 Å². The fraction of sp³-hybridized carbons (Fsp3) is 0.111. The number of sulfonamides is 1.